The van der Waals surface area contributed by atoms with Gasteiger partial charge in [-0.1, -0.05) is 23.2 Å². The van der Waals surface area contributed by atoms with Gasteiger partial charge in [0, 0.05) is 43.7 Å². The highest BCUT2D eigenvalue weighted by molar-refractivity contribution is 6.37. The summed E-state index contributed by atoms with van der Waals surface area (Å²) in [5, 5.41) is 16.5. The quantitative estimate of drug-likeness (QED) is 0.203. The van der Waals surface area contributed by atoms with Crippen LogP contribution in [0.1, 0.15) is 28.8 Å². The highest BCUT2D eigenvalue weighted by Crippen LogP contribution is 2.45. The van der Waals surface area contributed by atoms with Gasteiger partial charge < -0.3 is 20.6 Å². The van der Waals surface area contributed by atoms with Crippen LogP contribution in [-0.4, -0.2) is 47.0 Å². The molecular formula is C29H24Cl2F3N5O2. The lowest BCUT2D eigenvalue weighted by atomic mass is 9.94. The van der Waals surface area contributed by atoms with Crippen molar-refractivity contribution >= 4 is 57.1 Å². The number of phenolic OH excluding ortho intramolecular Hbond substituents is 1. The number of fused-ring (bicyclic) bond motifs is 1. The van der Waals surface area contributed by atoms with E-state index in [0.29, 0.717) is 22.3 Å². The monoisotopic (exact) mass is 601 g/mol. The Morgan fingerprint density at radius 2 is 1.73 bits per heavy atom. The fraction of sp³-hybridized carbons (Fsp3) is 0.276. The summed E-state index contributed by atoms with van der Waals surface area (Å²) in [5.41, 5.74) is 0.134. The second kappa shape index (κ2) is 10.7. The fourth-order valence-corrected chi connectivity index (χ4v) is 5.49. The predicted octanol–water partition coefficient (Wildman–Crippen LogP) is 7.07. The largest absolute Gasteiger partial charge is 0.505 e. The molecule has 4 aromatic rings. The Labute approximate surface area is 243 Å². The van der Waals surface area contributed by atoms with Crippen LogP contribution in [0.25, 0.3) is 22.0 Å². The number of halogens is 5. The number of pyridine rings is 2. The average Bonchev–Trinajstić information content (AvgIpc) is 3.81. The maximum absolute atomic E-state index is 14.3. The Morgan fingerprint density at radius 3 is 2.34 bits per heavy atom. The summed E-state index contributed by atoms with van der Waals surface area (Å²) in [7, 11) is 0. The lowest BCUT2D eigenvalue weighted by Crippen LogP contribution is -2.43. The SMILES string of the molecule is O=C(c1cnc2cc(C(F)(F)F)c(-c3cc(Cl)c(O)c(Cl)c3)cc2c1Nc1ccc(N2CCNCC2)nc1)C1CC1. The predicted molar refractivity (Wildman–Crippen MR) is 154 cm³/mol. The van der Waals surface area contributed by atoms with Gasteiger partial charge in [-0.15, -0.1) is 0 Å². The molecule has 212 valence electrons. The van der Waals surface area contributed by atoms with Gasteiger partial charge in [-0.05, 0) is 60.4 Å². The van der Waals surface area contributed by atoms with Crippen molar-refractivity contribution in [3.8, 4) is 16.9 Å². The van der Waals surface area contributed by atoms with Gasteiger partial charge in [-0.25, -0.2) is 4.98 Å². The molecule has 41 heavy (non-hydrogen) atoms. The molecule has 0 spiro atoms. The molecule has 0 unspecified atom stereocenters. The van der Waals surface area contributed by atoms with E-state index in [0.717, 1.165) is 50.9 Å². The molecule has 0 amide bonds. The standard InChI is InChI=1S/C29H24Cl2F3N5O2/c30-22-9-16(10-23(31)28(22)41)18-11-19-24(12-21(18)29(32,33)34)36-14-20(27(40)15-1-2-15)26(19)38-17-3-4-25(37-13-17)39-7-5-35-6-8-39/h3-4,9-15,35,41H,1-2,5-8H2,(H,36,38). The third-order valence-corrected chi connectivity index (χ3v) is 7.89. The van der Waals surface area contributed by atoms with Gasteiger partial charge >= 0.3 is 6.18 Å². The lowest BCUT2D eigenvalue weighted by Gasteiger charge is -2.28. The molecule has 0 atom stereocenters. The van der Waals surface area contributed by atoms with E-state index < -0.39 is 17.5 Å². The van der Waals surface area contributed by atoms with Gasteiger partial charge in [-0.2, -0.15) is 13.2 Å². The number of hydrogen-bond acceptors (Lipinski definition) is 7. The van der Waals surface area contributed by atoms with Crippen molar-refractivity contribution in [2.45, 2.75) is 19.0 Å². The summed E-state index contributed by atoms with van der Waals surface area (Å²) in [6.45, 7) is 3.36. The summed E-state index contributed by atoms with van der Waals surface area (Å²) in [6.07, 6.45) is -0.261. The van der Waals surface area contributed by atoms with Crippen molar-refractivity contribution in [1.82, 2.24) is 15.3 Å². The van der Waals surface area contributed by atoms with E-state index in [1.807, 2.05) is 12.1 Å². The number of nitrogens with one attached hydrogen (secondary N) is 2. The smallest absolute Gasteiger partial charge is 0.417 e. The number of nitrogens with zero attached hydrogens (tertiary/aromatic N) is 3. The molecule has 1 saturated carbocycles. The first-order valence-electron chi connectivity index (χ1n) is 13.1. The summed E-state index contributed by atoms with van der Waals surface area (Å²) >= 11 is 12.1. The van der Waals surface area contributed by atoms with Crippen LogP contribution in [0.3, 0.4) is 0 Å². The molecule has 7 nitrogen and oxygen atoms in total. The van der Waals surface area contributed by atoms with Crippen LogP contribution in [0.15, 0.2) is 48.8 Å². The number of rotatable bonds is 6. The number of hydrogen-bond donors (Lipinski definition) is 3. The van der Waals surface area contributed by atoms with E-state index in [-0.39, 0.29) is 38.4 Å². The minimum Gasteiger partial charge on any atom is -0.505 e. The van der Waals surface area contributed by atoms with Crippen molar-refractivity contribution in [1.29, 1.82) is 0 Å². The van der Waals surface area contributed by atoms with Crippen LogP contribution in [0.4, 0.5) is 30.4 Å². The molecule has 12 heteroatoms. The molecule has 0 bridgehead atoms. The normalized spacial score (nSPS) is 15.8. The topological polar surface area (TPSA) is 90.4 Å². The number of aromatic hydroxyl groups is 1. The Bertz CT molecular complexity index is 1630. The number of aromatic nitrogens is 2. The Hall–Kier alpha value is -3.60. The second-order valence-electron chi connectivity index (χ2n) is 10.2. The molecule has 2 aromatic heterocycles. The van der Waals surface area contributed by atoms with Crippen LogP contribution in [-0.2, 0) is 6.18 Å². The van der Waals surface area contributed by atoms with Gasteiger partial charge in [0.15, 0.2) is 11.5 Å². The van der Waals surface area contributed by atoms with Gasteiger partial charge in [0.05, 0.1) is 44.3 Å². The minimum absolute atomic E-state index is 0.0530. The maximum atomic E-state index is 14.3. The molecule has 3 N–H and O–H groups in total. The number of piperazine rings is 1. The highest BCUT2D eigenvalue weighted by atomic mass is 35.5. The third kappa shape index (κ3) is 5.51. The first-order valence-corrected chi connectivity index (χ1v) is 13.8. The van der Waals surface area contributed by atoms with Gasteiger partial charge in [-0.3, -0.25) is 9.78 Å². The fourth-order valence-electron chi connectivity index (χ4n) is 5.01. The number of benzene rings is 2. The van der Waals surface area contributed by atoms with Crippen LogP contribution in [0.2, 0.25) is 10.0 Å². The summed E-state index contributed by atoms with van der Waals surface area (Å²) in [4.78, 5) is 24.3. The Morgan fingerprint density at radius 1 is 1.02 bits per heavy atom. The van der Waals surface area contributed by atoms with Crippen molar-refractivity contribution < 1.29 is 23.1 Å². The van der Waals surface area contributed by atoms with E-state index in [4.69, 9.17) is 23.2 Å². The lowest BCUT2D eigenvalue weighted by molar-refractivity contribution is -0.137. The zero-order valence-corrected chi connectivity index (χ0v) is 23.0. The molecule has 3 heterocycles. The molecule has 1 saturated heterocycles. The van der Waals surface area contributed by atoms with Crippen molar-refractivity contribution in [3.05, 3.63) is 70.0 Å². The zero-order chi connectivity index (χ0) is 28.9. The Balaban J connectivity index is 1.51. The van der Waals surface area contributed by atoms with Gasteiger partial charge in [0.25, 0.3) is 0 Å². The number of carbonyl (C=O) groups is 1. The van der Waals surface area contributed by atoms with Gasteiger partial charge in [0.2, 0.25) is 0 Å². The zero-order valence-electron chi connectivity index (χ0n) is 21.5. The first-order chi connectivity index (χ1) is 19.6. The number of carbonyl (C=O) groups excluding carboxylic acids is 1. The molecule has 1 aliphatic carbocycles. The van der Waals surface area contributed by atoms with Crippen LogP contribution in [0.5, 0.6) is 5.75 Å². The van der Waals surface area contributed by atoms with Crippen molar-refractivity contribution in [3.63, 3.8) is 0 Å². The van der Waals surface area contributed by atoms with E-state index >= 15 is 0 Å². The Kier molecular flexibility index (Phi) is 7.17. The average molecular weight is 602 g/mol. The highest BCUT2D eigenvalue weighted by Gasteiger charge is 2.36. The maximum Gasteiger partial charge on any atom is 0.417 e. The molecule has 1 aliphatic heterocycles. The molecule has 6 rings (SSSR count). The summed E-state index contributed by atoms with van der Waals surface area (Å²) < 4.78 is 42.8. The van der Waals surface area contributed by atoms with E-state index in [1.54, 1.807) is 6.20 Å². The molecule has 2 aromatic carbocycles. The van der Waals surface area contributed by atoms with Crippen LogP contribution >= 0.6 is 23.2 Å². The van der Waals surface area contributed by atoms with E-state index in [2.05, 4.69) is 25.5 Å². The van der Waals surface area contributed by atoms with E-state index in [9.17, 15) is 23.1 Å². The third-order valence-electron chi connectivity index (χ3n) is 7.31. The summed E-state index contributed by atoms with van der Waals surface area (Å²) in [6, 6.07) is 8.41. The molecule has 2 aliphatic rings. The number of ketones is 1. The van der Waals surface area contributed by atoms with Gasteiger partial charge in [0.1, 0.15) is 5.82 Å². The van der Waals surface area contributed by atoms with Crippen molar-refractivity contribution in [2.75, 3.05) is 36.4 Å². The number of anilines is 3. The number of alkyl halides is 3. The molecule has 2 fully saturated rings. The second-order valence-corrected chi connectivity index (χ2v) is 11.0. The van der Waals surface area contributed by atoms with Crippen LogP contribution in [0, 0.1) is 5.92 Å². The summed E-state index contributed by atoms with van der Waals surface area (Å²) in [5.74, 6) is 0.116. The number of phenols is 1. The van der Waals surface area contributed by atoms with E-state index in [1.165, 1.54) is 24.4 Å². The number of Topliss-reactive ketones (excluding diaryl/α,β-unsaturated/α-hetero) is 1. The molecular weight excluding hydrogens is 578 g/mol. The minimum atomic E-state index is -4.73. The molecule has 0 radical (unpaired) electrons. The van der Waals surface area contributed by atoms with Crippen molar-refractivity contribution in [2.24, 2.45) is 5.92 Å². The first kappa shape index (κ1) is 27.6. The van der Waals surface area contributed by atoms with Crippen LogP contribution < -0.4 is 15.5 Å².